The molecule has 2 aromatic heterocycles. The van der Waals surface area contributed by atoms with Crippen LogP contribution in [0.4, 0.5) is 0 Å². The number of sulfonamides is 1. The molecule has 0 atom stereocenters. The number of rotatable bonds is 4. The van der Waals surface area contributed by atoms with Crippen molar-refractivity contribution in [2.75, 3.05) is 0 Å². The molecule has 0 unspecified atom stereocenters. The summed E-state index contributed by atoms with van der Waals surface area (Å²) < 4.78 is 30.1. The second kappa shape index (κ2) is 5.77. The predicted octanol–water partition coefficient (Wildman–Crippen LogP) is 1.05. The molecule has 3 rings (SSSR count). The Morgan fingerprint density at radius 1 is 1.38 bits per heavy atom. The van der Waals surface area contributed by atoms with Crippen molar-refractivity contribution in [3.63, 3.8) is 0 Å². The lowest BCUT2D eigenvalue weighted by molar-refractivity contribution is 0.0950. The summed E-state index contributed by atoms with van der Waals surface area (Å²) in [5, 5.41) is 12.8. The van der Waals surface area contributed by atoms with E-state index in [2.05, 4.69) is 10.4 Å². The maximum Gasteiger partial charge on any atom is 0.251 e. The highest BCUT2D eigenvalue weighted by atomic mass is 32.2. The van der Waals surface area contributed by atoms with Crippen LogP contribution in [0.2, 0.25) is 0 Å². The van der Waals surface area contributed by atoms with Gasteiger partial charge in [0.25, 0.3) is 5.91 Å². The largest absolute Gasteiger partial charge is 0.464 e. The number of nitrogens with one attached hydrogen (secondary N) is 1. The molecular formula is C15H16N4O4S. The molecule has 2 heterocycles. The topological polar surface area (TPSA) is 120 Å². The number of fused-ring (bicyclic) bond motifs is 1. The molecule has 9 heteroatoms. The third-order valence-electron chi connectivity index (χ3n) is 3.76. The average molecular weight is 348 g/mol. The maximum absolute atomic E-state index is 12.3. The van der Waals surface area contributed by atoms with Gasteiger partial charge in [-0.25, -0.2) is 13.6 Å². The number of primary sulfonamides is 1. The minimum Gasteiger partial charge on any atom is -0.464 e. The zero-order valence-corrected chi connectivity index (χ0v) is 13.9. The van der Waals surface area contributed by atoms with E-state index in [-0.39, 0.29) is 23.0 Å². The highest BCUT2D eigenvalue weighted by Crippen LogP contribution is 2.19. The van der Waals surface area contributed by atoms with Crippen LogP contribution in [-0.4, -0.2) is 24.1 Å². The minimum absolute atomic E-state index is 0.0459. The Balaban J connectivity index is 1.83. The van der Waals surface area contributed by atoms with Gasteiger partial charge in [0.15, 0.2) is 0 Å². The molecule has 0 saturated carbocycles. The number of furan rings is 1. The van der Waals surface area contributed by atoms with Crippen LogP contribution in [0, 0.1) is 6.92 Å². The van der Waals surface area contributed by atoms with E-state index in [1.807, 2.05) is 0 Å². The van der Waals surface area contributed by atoms with Gasteiger partial charge in [-0.3, -0.25) is 9.48 Å². The fourth-order valence-corrected chi connectivity index (χ4v) is 3.50. The Morgan fingerprint density at radius 3 is 2.83 bits per heavy atom. The van der Waals surface area contributed by atoms with Crippen LogP contribution in [0.5, 0.6) is 0 Å². The van der Waals surface area contributed by atoms with Crippen molar-refractivity contribution < 1.29 is 17.6 Å². The number of hydrogen-bond donors (Lipinski definition) is 2. The standard InChI is InChI=1S/C15H16N4O4S/c1-9-14(24(16,21)22)12(18-19(9)2)8-17-15(20)11-3-4-13-10(7-11)5-6-23-13/h3-7H,8H2,1-2H3,(H,17,20)(H2,16,21,22). The quantitative estimate of drug-likeness (QED) is 0.730. The van der Waals surface area contributed by atoms with Crippen LogP contribution in [0.1, 0.15) is 21.7 Å². The first-order valence-electron chi connectivity index (χ1n) is 7.08. The van der Waals surface area contributed by atoms with Crippen molar-refractivity contribution in [3.05, 3.63) is 47.5 Å². The monoisotopic (exact) mass is 348 g/mol. The number of benzene rings is 1. The van der Waals surface area contributed by atoms with E-state index in [4.69, 9.17) is 9.56 Å². The molecule has 0 aliphatic rings. The molecule has 1 amide bonds. The van der Waals surface area contributed by atoms with Gasteiger partial charge in [-0.05, 0) is 31.2 Å². The first kappa shape index (κ1) is 16.2. The molecule has 0 fully saturated rings. The van der Waals surface area contributed by atoms with Gasteiger partial charge in [-0.2, -0.15) is 5.10 Å². The van der Waals surface area contributed by atoms with Gasteiger partial charge < -0.3 is 9.73 Å². The molecule has 24 heavy (non-hydrogen) atoms. The summed E-state index contributed by atoms with van der Waals surface area (Å²) in [6, 6.07) is 6.78. The Labute approximate surface area is 138 Å². The van der Waals surface area contributed by atoms with Crippen LogP contribution >= 0.6 is 0 Å². The van der Waals surface area contributed by atoms with Gasteiger partial charge in [-0.1, -0.05) is 0 Å². The van der Waals surface area contributed by atoms with E-state index in [9.17, 15) is 13.2 Å². The molecule has 0 saturated heterocycles. The number of carbonyl (C=O) groups is 1. The number of aryl methyl sites for hydroxylation is 1. The Bertz CT molecular complexity index is 1030. The van der Waals surface area contributed by atoms with Crippen molar-refractivity contribution in [1.82, 2.24) is 15.1 Å². The summed E-state index contributed by atoms with van der Waals surface area (Å²) in [6.07, 6.45) is 1.54. The first-order valence-corrected chi connectivity index (χ1v) is 8.63. The lowest BCUT2D eigenvalue weighted by Gasteiger charge is -2.05. The summed E-state index contributed by atoms with van der Waals surface area (Å²) in [5.41, 5.74) is 1.74. The van der Waals surface area contributed by atoms with E-state index in [0.717, 1.165) is 5.39 Å². The van der Waals surface area contributed by atoms with Crippen molar-refractivity contribution in [2.45, 2.75) is 18.4 Å². The van der Waals surface area contributed by atoms with Crippen molar-refractivity contribution in [3.8, 4) is 0 Å². The fraction of sp³-hybridized carbons (Fsp3) is 0.200. The molecular weight excluding hydrogens is 332 g/mol. The van der Waals surface area contributed by atoms with E-state index < -0.39 is 10.0 Å². The van der Waals surface area contributed by atoms with Crippen LogP contribution in [0.25, 0.3) is 11.0 Å². The molecule has 0 aliphatic carbocycles. The van der Waals surface area contributed by atoms with Crippen molar-refractivity contribution in [2.24, 2.45) is 12.2 Å². The number of nitrogens with two attached hydrogens (primary N) is 1. The Hall–Kier alpha value is -2.65. The average Bonchev–Trinajstić information content (AvgIpc) is 3.08. The smallest absolute Gasteiger partial charge is 0.251 e. The molecule has 126 valence electrons. The molecule has 0 radical (unpaired) electrons. The lowest BCUT2D eigenvalue weighted by atomic mass is 10.1. The molecule has 3 N–H and O–H groups in total. The zero-order chi connectivity index (χ0) is 17.5. The van der Waals surface area contributed by atoms with Gasteiger partial charge in [0.2, 0.25) is 10.0 Å². The van der Waals surface area contributed by atoms with Crippen molar-refractivity contribution >= 4 is 26.9 Å². The molecule has 0 spiro atoms. The minimum atomic E-state index is -3.92. The van der Waals surface area contributed by atoms with E-state index >= 15 is 0 Å². The Morgan fingerprint density at radius 2 is 2.12 bits per heavy atom. The Kier molecular flexibility index (Phi) is 3.90. The van der Waals surface area contributed by atoms with E-state index in [1.165, 1.54) is 4.68 Å². The lowest BCUT2D eigenvalue weighted by Crippen LogP contribution is -2.25. The van der Waals surface area contributed by atoms with Gasteiger partial charge in [0.1, 0.15) is 16.2 Å². The number of amides is 1. The van der Waals surface area contributed by atoms with E-state index in [0.29, 0.717) is 16.8 Å². The molecule has 8 nitrogen and oxygen atoms in total. The third-order valence-corrected chi connectivity index (χ3v) is 4.86. The maximum atomic E-state index is 12.3. The van der Waals surface area contributed by atoms with Crippen LogP contribution in [0.15, 0.2) is 39.8 Å². The third kappa shape index (κ3) is 2.91. The summed E-state index contributed by atoms with van der Waals surface area (Å²) in [7, 11) is -2.31. The molecule has 0 aliphatic heterocycles. The molecule has 1 aromatic carbocycles. The predicted molar refractivity (Wildman–Crippen MR) is 86.7 cm³/mol. The molecule has 0 bridgehead atoms. The van der Waals surface area contributed by atoms with Crippen LogP contribution in [0.3, 0.4) is 0 Å². The van der Waals surface area contributed by atoms with Gasteiger partial charge >= 0.3 is 0 Å². The summed E-state index contributed by atoms with van der Waals surface area (Å²) in [5.74, 6) is -0.346. The number of aromatic nitrogens is 2. The summed E-state index contributed by atoms with van der Waals surface area (Å²) in [6.45, 7) is 1.56. The van der Waals surface area contributed by atoms with Crippen LogP contribution < -0.4 is 10.5 Å². The first-order chi connectivity index (χ1) is 11.3. The zero-order valence-electron chi connectivity index (χ0n) is 13.1. The van der Waals surface area contributed by atoms with Gasteiger partial charge in [0, 0.05) is 18.0 Å². The van der Waals surface area contributed by atoms with E-state index in [1.54, 1.807) is 44.5 Å². The highest BCUT2D eigenvalue weighted by molar-refractivity contribution is 7.89. The fourth-order valence-electron chi connectivity index (χ4n) is 2.52. The van der Waals surface area contributed by atoms with Gasteiger partial charge in [0.05, 0.1) is 18.5 Å². The second-order valence-corrected chi connectivity index (χ2v) is 6.88. The van der Waals surface area contributed by atoms with Gasteiger partial charge in [-0.15, -0.1) is 0 Å². The van der Waals surface area contributed by atoms with Crippen LogP contribution in [-0.2, 0) is 23.6 Å². The number of nitrogens with zero attached hydrogens (tertiary/aromatic N) is 2. The SMILES string of the molecule is Cc1c(S(N)(=O)=O)c(CNC(=O)c2ccc3occc3c2)nn1C. The highest BCUT2D eigenvalue weighted by Gasteiger charge is 2.23. The number of hydrogen-bond acceptors (Lipinski definition) is 5. The normalized spacial score (nSPS) is 11.8. The van der Waals surface area contributed by atoms with Crippen molar-refractivity contribution in [1.29, 1.82) is 0 Å². The second-order valence-electron chi connectivity index (χ2n) is 5.39. The number of carbonyl (C=O) groups excluding carboxylic acids is 1. The summed E-state index contributed by atoms with van der Waals surface area (Å²) >= 11 is 0. The summed E-state index contributed by atoms with van der Waals surface area (Å²) in [4.78, 5) is 12.2. The molecule has 3 aromatic rings.